The van der Waals surface area contributed by atoms with Crippen molar-refractivity contribution in [1.29, 1.82) is 0 Å². The molecule has 2 aromatic rings. The lowest BCUT2D eigenvalue weighted by atomic mass is 9.98. The van der Waals surface area contributed by atoms with Gasteiger partial charge in [-0.15, -0.1) is 0 Å². The molecule has 142 valence electrons. The summed E-state index contributed by atoms with van der Waals surface area (Å²) in [5.74, 6) is 2.28. The molecule has 0 aliphatic carbocycles. The Morgan fingerprint density at radius 2 is 1.85 bits per heavy atom. The topological polar surface area (TPSA) is 120 Å². The van der Waals surface area contributed by atoms with E-state index >= 15 is 0 Å². The van der Waals surface area contributed by atoms with Gasteiger partial charge in [-0.25, -0.2) is 15.1 Å². The Bertz CT molecular complexity index is 882. The van der Waals surface area contributed by atoms with Gasteiger partial charge in [-0.3, -0.25) is 0 Å². The highest BCUT2D eigenvalue weighted by Gasteiger charge is 2.25. The number of rotatable bonds is 6. The second kappa shape index (κ2) is 7.60. The van der Waals surface area contributed by atoms with Crippen molar-refractivity contribution in [2.45, 2.75) is 12.8 Å². The third-order valence-electron chi connectivity index (χ3n) is 4.63. The molecule has 0 amide bonds. The first-order valence-corrected chi connectivity index (χ1v) is 9.81. The normalized spacial score (nSPS) is 16.6. The predicted molar refractivity (Wildman–Crippen MR) is 98.5 cm³/mol. The smallest absolute Gasteiger partial charge is 0.276 e. The average molecular weight is 381 g/mol. The molecule has 1 aliphatic rings. The molecule has 3 rings (SSSR count). The Kier molecular flexibility index (Phi) is 5.44. The van der Waals surface area contributed by atoms with Gasteiger partial charge in [0.05, 0.1) is 19.7 Å². The van der Waals surface area contributed by atoms with E-state index in [1.807, 2.05) is 12.1 Å². The van der Waals surface area contributed by atoms with Crippen LogP contribution in [0, 0.1) is 5.92 Å². The van der Waals surface area contributed by atoms with Crippen LogP contribution in [0.2, 0.25) is 0 Å². The first kappa shape index (κ1) is 18.6. The minimum atomic E-state index is -3.59. The zero-order valence-corrected chi connectivity index (χ0v) is 15.6. The molecule has 1 fully saturated rings. The van der Waals surface area contributed by atoms with E-state index < -0.39 is 10.2 Å². The number of hydrogen-bond donors (Lipinski definition) is 2. The highest BCUT2D eigenvalue weighted by Crippen LogP contribution is 2.33. The van der Waals surface area contributed by atoms with E-state index in [0.29, 0.717) is 42.9 Å². The second-order valence-corrected chi connectivity index (χ2v) is 7.76. The lowest BCUT2D eigenvalue weighted by Gasteiger charge is -2.30. The molecule has 0 radical (unpaired) electrons. The number of benzene rings is 1. The van der Waals surface area contributed by atoms with E-state index in [0.717, 1.165) is 23.7 Å². The van der Waals surface area contributed by atoms with Crippen molar-refractivity contribution in [3.63, 3.8) is 0 Å². The molecule has 1 saturated heterocycles. The molecule has 10 heteroatoms. The van der Waals surface area contributed by atoms with Crippen LogP contribution in [0.5, 0.6) is 11.5 Å². The SMILES string of the molecule is COc1cc2ncnc(NCC3CCN(S(N)(=O)=O)CC3)c2cc1OC. The van der Waals surface area contributed by atoms with E-state index in [9.17, 15) is 8.42 Å². The molecular weight excluding hydrogens is 358 g/mol. The maximum absolute atomic E-state index is 11.4. The lowest BCUT2D eigenvalue weighted by molar-refractivity contribution is 0.282. The minimum Gasteiger partial charge on any atom is -0.493 e. The second-order valence-electron chi connectivity index (χ2n) is 6.21. The van der Waals surface area contributed by atoms with Gasteiger partial charge in [0.15, 0.2) is 11.5 Å². The largest absolute Gasteiger partial charge is 0.493 e. The summed E-state index contributed by atoms with van der Waals surface area (Å²) in [6.07, 6.45) is 3.01. The molecular formula is C16H23N5O4S. The maximum Gasteiger partial charge on any atom is 0.276 e. The molecule has 2 heterocycles. The van der Waals surface area contributed by atoms with Crippen molar-refractivity contribution < 1.29 is 17.9 Å². The van der Waals surface area contributed by atoms with Crippen molar-refractivity contribution in [3.05, 3.63) is 18.5 Å². The minimum absolute atomic E-state index is 0.346. The highest BCUT2D eigenvalue weighted by atomic mass is 32.2. The summed E-state index contributed by atoms with van der Waals surface area (Å²) in [7, 11) is -0.429. The van der Waals surface area contributed by atoms with Gasteiger partial charge in [0.1, 0.15) is 12.1 Å². The molecule has 1 aromatic carbocycles. The van der Waals surface area contributed by atoms with Crippen LogP contribution < -0.4 is 19.9 Å². The van der Waals surface area contributed by atoms with E-state index in [-0.39, 0.29) is 0 Å². The summed E-state index contributed by atoms with van der Waals surface area (Å²) in [5, 5.41) is 9.37. The number of aromatic nitrogens is 2. The maximum atomic E-state index is 11.4. The predicted octanol–water partition coefficient (Wildman–Crippen LogP) is 0.974. The third kappa shape index (κ3) is 3.97. The summed E-state index contributed by atoms with van der Waals surface area (Å²) in [4.78, 5) is 8.62. The molecule has 26 heavy (non-hydrogen) atoms. The van der Waals surface area contributed by atoms with E-state index in [1.165, 1.54) is 10.6 Å². The van der Waals surface area contributed by atoms with Crippen LogP contribution in [0.25, 0.3) is 10.9 Å². The Labute approximate surface area is 152 Å². The Morgan fingerprint density at radius 1 is 1.19 bits per heavy atom. The Hall–Kier alpha value is -2.17. The van der Waals surface area contributed by atoms with Gasteiger partial charge in [-0.05, 0) is 24.8 Å². The third-order valence-corrected chi connectivity index (χ3v) is 5.72. The van der Waals surface area contributed by atoms with Gasteiger partial charge in [-0.1, -0.05) is 0 Å². The summed E-state index contributed by atoms with van der Waals surface area (Å²) < 4.78 is 34.7. The number of hydrogen-bond acceptors (Lipinski definition) is 7. The Morgan fingerprint density at radius 3 is 2.46 bits per heavy atom. The van der Waals surface area contributed by atoms with Crippen LogP contribution in [-0.2, 0) is 10.2 Å². The van der Waals surface area contributed by atoms with Crippen LogP contribution in [0.4, 0.5) is 5.82 Å². The van der Waals surface area contributed by atoms with Gasteiger partial charge >= 0.3 is 0 Å². The van der Waals surface area contributed by atoms with Crippen molar-refractivity contribution in [1.82, 2.24) is 14.3 Å². The number of fused-ring (bicyclic) bond motifs is 1. The number of piperidine rings is 1. The number of nitrogens with two attached hydrogens (primary N) is 1. The van der Waals surface area contributed by atoms with Crippen LogP contribution in [-0.4, -0.2) is 56.5 Å². The fourth-order valence-electron chi connectivity index (χ4n) is 3.13. The van der Waals surface area contributed by atoms with Crippen LogP contribution >= 0.6 is 0 Å². The van der Waals surface area contributed by atoms with E-state index in [4.69, 9.17) is 14.6 Å². The molecule has 0 bridgehead atoms. The molecule has 0 saturated carbocycles. The highest BCUT2D eigenvalue weighted by molar-refractivity contribution is 7.86. The average Bonchev–Trinajstić information content (AvgIpc) is 2.64. The summed E-state index contributed by atoms with van der Waals surface area (Å²) in [5.41, 5.74) is 0.754. The van der Waals surface area contributed by atoms with Crippen LogP contribution in [0.1, 0.15) is 12.8 Å². The van der Waals surface area contributed by atoms with Gasteiger partial charge in [0.25, 0.3) is 10.2 Å². The van der Waals surface area contributed by atoms with E-state index in [2.05, 4.69) is 15.3 Å². The summed E-state index contributed by atoms with van der Waals surface area (Å²) >= 11 is 0. The molecule has 0 unspecified atom stereocenters. The first-order chi connectivity index (χ1) is 12.4. The number of ether oxygens (including phenoxy) is 2. The quantitative estimate of drug-likeness (QED) is 0.765. The van der Waals surface area contributed by atoms with Gasteiger partial charge in [-0.2, -0.15) is 12.7 Å². The lowest BCUT2D eigenvalue weighted by Crippen LogP contribution is -2.43. The van der Waals surface area contributed by atoms with Gasteiger partial charge in [0, 0.05) is 31.1 Å². The van der Waals surface area contributed by atoms with E-state index in [1.54, 1.807) is 14.2 Å². The zero-order valence-electron chi connectivity index (χ0n) is 14.8. The standard InChI is InChI=1S/C16H23N5O4S/c1-24-14-7-12-13(8-15(14)25-2)19-10-20-16(12)18-9-11-3-5-21(6-4-11)26(17,22)23/h7-8,10-11H,3-6,9H2,1-2H3,(H2,17,22,23)(H,18,19,20). The zero-order chi connectivity index (χ0) is 18.7. The fourth-order valence-corrected chi connectivity index (χ4v) is 3.85. The van der Waals surface area contributed by atoms with Crippen molar-refractivity contribution >= 4 is 26.9 Å². The molecule has 0 atom stereocenters. The molecule has 1 aromatic heterocycles. The number of nitrogens with zero attached hydrogens (tertiary/aromatic N) is 3. The van der Waals surface area contributed by atoms with Crippen molar-refractivity contribution in [2.24, 2.45) is 11.1 Å². The van der Waals surface area contributed by atoms with Crippen LogP contribution in [0.15, 0.2) is 18.5 Å². The number of anilines is 1. The van der Waals surface area contributed by atoms with Crippen molar-refractivity contribution in [3.8, 4) is 11.5 Å². The number of nitrogens with one attached hydrogen (secondary N) is 1. The molecule has 9 nitrogen and oxygen atoms in total. The number of methoxy groups -OCH3 is 2. The van der Waals surface area contributed by atoms with Gasteiger partial charge < -0.3 is 14.8 Å². The Balaban J connectivity index is 1.72. The van der Waals surface area contributed by atoms with Crippen molar-refractivity contribution in [2.75, 3.05) is 39.2 Å². The molecule has 3 N–H and O–H groups in total. The monoisotopic (exact) mass is 381 g/mol. The summed E-state index contributed by atoms with van der Waals surface area (Å²) in [6, 6.07) is 3.66. The first-order valence-electron chi connectivity index (χ1n) is 8.31. The van der Waals surface area contributed by atoms with Gasteiger partial charge in [0.2, 0.25) is 0 Å². The molecule has 1 aliphatic heterocycles. The fraction of sp³-hybridized carbons (Fsp3) is 0.500. The van der Waals surface area contributed by atoms with Crippen LogP contribution in [0.3, 0.4) is 0 Å². The summed E-state index contributed by atoms with van der Waals surface area (Å²) in [6.45, 7) is 1.58. The molecule has 0 spiro atoms.